The van der Waals surface area contributed by atoms with E-state index in [1.807, 2.05) is 90.9 Å². The molecule has 0 spiro atoms. The Balaban J connectivity index is 2.25. The zero-order chi connectivity index (χ0) is 39.3. The molecule has 4 amide bonds. The summed E-state index contributed by atoms with van der Waals surface area (Å²) in [4.78, 5) is 60.6. The number of rotatable bonds is 21. The highest BCUT2D eigenvalue weighted by Crippen LogP contribution is 2.30. The van der Waals surface area contributed by atoms with E-state index in [0.717, 1.165) is 18.4 Å². The van der Waals surface area contributed by atoms with Crippen LogP contribution < -0.4 is 10.6 Å². The topological polar surface area (TPSA) is 141 Å². The van der Waals surface area contributed by atoms with Gasteiger partial charge in [-0.2, -0.15) is 0 Å². The van der Waals surface area contributed by atoms with E-state index in [0.29, 0.717) is 19.4 Å². The molecule has 296 valence electrons. The third-order valence-electron chi connectivity index (χ3n) is 10.8. The van der Waals surface area contributed by atoms with Crippen molar-refractivity contribution in [3.05, 3.63) is 35.9 Å². The zero-order valence-electron chi connectivity index (χ0n) is 33.9. The standard InChI is InChI=1S/C40H69N5O7/c1-13-27(6)36(44(10)40(50)34(25(2)3)42-39(49)35(26(4)5)43(8)9)32(51-11)23-33(47)45-21-17-20-31(45)37(52-12)28(7)38(48)41-30(24-46)22-29-18-15-14-16-19-29/h14-16,18-19,25-28,30-32,34-37,46H,13,17,20-24H2,1-12H3,(H,41,48)(H,42,49)/t27-,28+,30-,31-,32+,34-,35-,36-,37+/m0/s1. The number of amides is 4. The van der Waals surface area contributed by atoms with Gasteiger partial charge in [-0.15, -0.1) is 0 Å². The number of aliphatic hydroxyl groups excluding tert-OH is 1. The van der Waals surface area contributed by atoms with Crippen molar-refractivity contribution in [1.29, 1.82) is 0 Å². The van der Waals surface area contributed by atoms with Crippen LogP contribution in [0.25, 0.3) is 0 Å². The van der Waals surface area contributed by atoms with Gasteiger partial charge in [-0.1, -0.05) is 85.2 Å². The molecule has 0 unspecified atom stereocenters. The van der Waals surface area contributed by atoms with E-state index in [1.54, 1.807) is 38.0 Å². The van der Waals surface area contributed by atoms with Crippen LogP contribution in [0.5, 0.6) is 0 Å². The fraction of sp³-hybridized carbons (Fsp3) is 0.750. The fourth-order valence-electron chi connectivity index (χ4n) is 7.80. The number of nitrogens with one attached hydrogen (secondary N) is 2. The van der Waals surface area contributed by atoms with Crippen LogP contribution in [-0.2, 0) is 35.1 Å². The van der Waals surface area contributed by atoms with Crippen LogP contribution in [-0.4, -0.2) is 134 Å². The number of likely N-dealkylation sites (tertiary alicyclic amines) is 1. The fourth-order valence-corrected chi connectivity index (χ4v) is 7.80. The first kappa shape index (κ1) is 45.1. The summed E-state index contributed by atoms with van der Waals surface area (Å²) >= 11 is 0. The molecule has 12 heteroatoms. The summed E-state index contributed by atoms with van der Waals surface area (Å²) in [6.45, 7) is 14.0. The van der Waals surface area contributed by atoms with Crippen molar-refractivity contribution < 1.29 is 33.8 Å². The predicted octanol–water partition coefficient (Wildman–Crippen LogP) is 3.35. The Kier molecular flexibility index (Phi) is 18.7. The van der Waals surface area contributed by atoms with E-state index in [1.165, 1.54) is 0 Å². The third kappa shape index (κ3) is 12.0. The zero-order valence-corrected chi connectivity index (χ0v) is 33.9. The van der Waals surface area contributed by atoms with Crippen LogP contribution in [0.15, 0.2) is 30.3 Å². The first-order chi connectivity index (χ1) is 24.5. The van der Waals surface area contributed by atoms with Crippen LogP contribution >= 0.6 is 0 Å². The van der Waals surface area contributed by atoms with Crippen molar-refractivity contribution in [3.63, 3.8) is 0 Å². The van der Waals surface area contributed by atoms with Gasteiger partial charge in [0.2, 0.25) is 23.6 Å². The van der Waals surface area contributed by atoms with Crippen molar-refractivity contribution in [2.24, 2.45) is 23.7 Å². The Labute approximate surface area is 313 Å². The van der Waals surface area contributed by atoms with Crippen LogP contribution in [0.4, 0.5) is 0 Å². The van der Waals surface area contributed by atoms with Gasteiger partial charge in [0, 0.05) is 27.8 Å². The number of benzene rings is 1. The molecule has 1 heterocycles. The predicted molar refractivity (Wildman–Crippen MR) is 204 cm³/mol. The molecule has 1 fully saturated rings. The highest BCUT2D eigenvalue weighted by atomic mass is 16.5. The van der Waals surface area contributed by atoms with Gasteiger partial charge >= 0.3 is 0 Å². The minimum Gasteiger partial charge on any atom is -0.394 e. The lowest BCUT2D eigenvalue weighted by molar-refractivity contribution is -0.148. The summed E-state index contributed by atoms with van der Waals surface area (Å²) in [5, 5.41) is 16.0. The smallest absolute Gasteiger partial charge is 0.245 e. The van der Waals surface area contributed by atoms with Crippen molar-refractivity contribution in [2.75, 3.05) is 48.5 Å². The first-order valence-electron chi connectivity index (χ1n) is 19.1. The monoisotopic (exact) mass is 732 g/mol. The average molecular weight is 732 g/mol. The summed E-state index contributed by atoms with van der Waals surface area (Å²) in [7, 11) is 8.58. The van der Waals surface area contributed by atoms with Gasteiger partial charge in [-0.3, -0.25) is 24.1 Å². The van der Waals surface area contributed by atoms with E-state index in [9.17, 15) is 24.3 Å². The van der Waals surface area contributed by atoms with Gasteiger partial charge in [0.1, 0.15) is 6.04 Å². The van der Waals surface area contributed by atoms with Gasteiger partial charge in [0.25, 0.3) is 0 Å². The van der Waals surface area contributed by atoms with E-state index >= 15 is 0 Å². The number of methoxy groups -OCH3 is 2. The number of carbonyl (C=O) groups is 4. The second-order valence-corrected chi connectivity index (χ2v) is 15.5. The Morgan fingerprint density at radius 1 is 0.923 bits per heavy atom. The van der Waals surface area contributed by atoms with E-state index in [2.05, 4.69) is 10.6 Å². The molecule has 9 atom stereocenters. The molecule has 1 aromatic rings. The van der Waals surface area contributed by atoms with E-state index in [4.69, 9.17) is 9.47 Å². The number of hydrogen-bond acceptors (Lipinski definition) is 8. The van der Waals surface area contributed by atoms with Gasteiger partial charge in [-0.25, -0.2) is 0 Å². The molecule has 1 aromatic carbocycles. The Morgan fingerprint density at radius 2 is 1.56 bits per heavy atom. The van der Waals surface area contributed by atoms with Crippen molar-refractivity contribution in [1.82, 2.24) is 25.3 Å². The van der Waals surface area contributed by atoms with Crippen LogP contribution in [0.3, 0.4) is 0 Å². The maximum absolute atomic E-state index is 14.2. The second-order valence-electron chi connectivity index (χ2n) is 15.5. The molecular formula is C40H69N5O7. The minimum atomic E-state index is -0.755. The maximum Gasteiger partial charge on any atom is 0.245 e. The minimum absolute atomic E-state index is 0.0134. The quantitative estimate of drug-likeness (QED) is 0.175. The highest BCUT2D eigenvalue weighted by molar-refractivity contribution is 5.90. The number of aliphatic hydroxyl groups is 1. The molecule has 0 aromatic heterocycles. The number of ether oxygens (including phenoxy) is 2. The maximum atomic E-state index is 14.2. The summed E-state index contributed by atoms with van der Waals surface area (Å²) in [5.74, 6) is -1.52. The first-order valence-corrected chi connectivity index (χ1v) is 19.1. The number of likely N-dealkylation sites (N-methyl/N-ethyl adjacent to an activating group) is 2. The van der Waals surface area contributed by atoms with Crippen LogP contribution in [0.1, 0.15) is 79.7 Å². The number of carbonyl (C=O) groups excluding carboxylic acids is 4. The molecule has 0 aliphatic carbocycles. The van der Waals surface area contributed by atoms with Crippen molar-refractivity contribution >= 4 is 23.6 Å². The lowest BCUT2D eigenvalue weighted by Crippen LogP contribution is -2.59. The second kappa shape index (κ2) is 21.6. The Bertz CT molecular complexity index is 1250. The molecule has 52 heavy (non-hydrogen) atoms. The summed E-state index contributed by atoms with van der Waals surface area (Å²) in [6.07, 6.45) is 1.54. The van der Waals surface area contributed by atoms with Gasteiger partial charge in [0.15, 0.2) is 0 Å². The van der Waals surface area contributed by atoms with Gasteiger partial charge < -0.3 is 35.0 Å². The van der Waals surface area contributed by atoms with Crippen LogP contribution in [0.2, 0.25) is 0 Å². The number of hydrogen-bond donors (Lipinski definition) is 3. The normalized spacial score (nSPS) is 19.5. The van der Waals surface area contributed by atoms with E-state index < -0.39 is 42.3 Å². The molecule has 3 N–H and O–H groups in total. The van der Waals surface area contributed by atoms with Crippen molar-refractivity contribution in [3.8, 4) is 0 Å². The van der Waals surface area contributed by atoms with Gasteiger partial charge in [-0.05, 0) is 56.7 Å². The lowest BCUT2D eigenvalue weighted by Gasteiger charge is -2.41. The van der Waals surface area contributed by atoms with Crippen LogP contribution in [0, 0.1) is 23.7 Å². The molecule has 0 saturated carbocycles. The molecule has 1 saturated heterocycles. The molecular weight excluding hydrogens is 662 g/mol. The Morgan fingerprint density at radius 3 is 2.06 bits per heavy atom. The summed E-state index contributed by atoms with van der Waals surface area (Å²) in [6, 6.07) is 7.32. The van der Waals surface area contributed by atoms with E-state index in [-0.39, 0.29) is 60.5 Å². The van der Waals surface area contributed by atoms with Gasteiger partial charge in [0.05, 0.1) is 55.3 Å². The molecule has 0 radical (unpaired) electrons. The summed E-state index contributed by atoms with van der Waals surface area (Å²) < 4.78 is 11.9. The molecule has 1 aliphatic heterocycles. The highest BCUT2D eigenvalue weighted by Gasteiger charge is 2.43. The largest absolute Gasteiger partial charge is 0.394 e. The van der Waals surface area contributed by atoms with Crippen molar-refractivity contribution in [2.45, 2.75) is 123 Å². The summed E-state index contributed by atoms with van der Waals surface area (Å²) in [5.41, 5.74) is 1.01. The Hall–Kier alpha value is -3.06. The lowest BCUT2D eigenvalue weighted by atomic mass is 9.89. The SMILES string of the molecule is CC[C@H](C)[C@@H]([C@@H](CC(=O)N1CCC[C@H]1[C@H](OC)[C@@H](C)C(=O)N[C@H](CO)Cc1ccccc1)OC)N(C)C(=O)[C@@H](NC(=O)[C@H](C(C)C)N(C)C)C(C)C. The third-order valence-corrected chi connectivity index (χ3v) is 10.8. The average Bonchev–Trinajstić information content (AvgIpc) is 3.59. The molecule has 2 rings (SSSR count). The number of nitrogens with zero attached hydrogens (tertiary/aromatic N) is 3. The molecule has 0 bridgehead atoms. The molecule has 12 nitrogen and oxygen atoms in total. The molecule has 1 aliphatic rings.